The van der Waals surface area contributed by atoms with Gasteiger partial charge in [-0.3, -0.25) is 9.69 Å². The number of esters is 1. The number of nitrogens with two attached hydrogens (primary N) is 1. The van der Waals surface area contributed by atoms with Gasteiger partial charge in [0.05, 0.1) is 26.3 Å². The number of nitrogens with zero attached hydrogens (tertiary/aromatic N) is 1. The molecule has 0 aliphatic carbocycles. The van der Waals surface area contributed by atoms with E-state index in [0.717, 1.165) is 0 Å². The predicted molar refractivity (Wildman–Crippen MR) is 71.0 cm³/mol. The van der Waals surface area contributed by atoms with Crippen molar-refractivity contribution in [3.8, 4) is 0 Å². The van der Waals surface area contributed by atoms with Crippen LogP contribution in [0.3, 0.4) is 0 Å². The molecule has 0 aliphatic heterocycles. The maximum Gasteiger partial charge on any atom is 0.373 e. The van der Waals surface area contributed by atoms with Gasteiger partial charge in [0.1, 0.15) is 5.76 Å². The summed E-state index contributed by atoms with van der Waals surface area (Å²) in [5.74, 6) is -0.293. The molecule has 1 aromatic heterocycles. The summed E-state index contributed by atoms with van der Waals surface area (Å²) in [4.78, 5) is 24.4. The minimum Gasteiger partial charge on any atom is -0.463 e. The number of carbonyl (C=O) groups excluding carboxylic acids is 2. The Morgan fingerprint density at radius 1 is 1.40 bits per heavy atom. The highest BCUT2D eigenvalue weighted by Crippen LogP contribution is 2.13. The summed E-state index contributed by atoms with van der Waals surface area (Å²) in [5.41, 5.74) is 5.31. The summed E-state index contributed by atoms with van der Waals surface area (Å²) < 4.78 is 14.9. The summed E-state index contributed by atoms with van der Waals surface area (Å²) in [5, 5.41) is 0. The van der Waals surface area contributed by atoms with E-state index in [1.165, 1.54) is 13.2 Å². The predicted octanol–water partition coefficient (Wildman–Crippen LogP) is 0.388. The van der Waals surface area contributed by atoms with E-state index in [1.807, 2.05) is 4.90 Å². The maximum absolute atomic E-state index is 11.3. The van der Waals surface area contributed by atoms with Crippen LogP contribution in [0.5, 0.6) is 0 Å². The Labute approximate surface area is 117 Å². The molecule has 7 nitrogen and oxygen atoms in total. The van der Waals surface area contributed by atoms with Crippen molar-refractivity contribution in [1.29, 1.82) is 0 Å². The van der Waals surface area contributed by atoms with Gasteiger partial charge in [0.15, 0.2) is 0 Å². The molecule has 0 aromatic carbocycles. The van der Waals surface area contributed by atoms with Crippen molar-refractivity contribution in [3.63, 3.8) is 0 Å². The highest BCUT2D eigenvalue weighted by Gasteiger charge is 2.21. The highest BCUT2D eigenvalue weighted by atomic mass is 16.5. The second-order valence-electron chi connectivity index (χ2n) is 4.30. The first-order valence-corrected chi connectivity index (χ1v) is 6.19. The van der Waals surface area contributed by atoms with Crippen LogP contribution in [-0.2, 0) is 20.8 Å². The number of ether oxygens (including phenoxy) is 2. The lowest BCUT2D eigenvalue weighted by molar-refractivity contribution is -0.123. The van der Waals surface area contributed by atoms with Gasteiger partial charge in [0.2, 0.25) is 11.7 Å². The fourth-order valence-corrected chi connectivity index (χ4v) is 1.67. The topological polar surface area (TPSA) is 95.0 Å². The number of carbonyl (C=O) groups is 2. The molecule has 112 valence electrons. The molecule has 7 heteroatoms. The minimum atomic E-state index is -0.539. The van der Waals surface area contributed by atoms with Gasteiger partial charge in [0.25, 0.3) is 0 Å². The van der Waals surface area contributed by atoms with E-state index >= 15 is 0 Å². The van der Waals surface area contributed by atoms with E-state index in [9.17, 15) is 9.59 Å². The Kier molecular flexibility index (Phi) is 6.20. The summed E-state index contributed by atoms with van der Waals surface area (Å²) in [6.45, 7) is 3.05. The molecule has 1 heterocycles. The Balaban J connectivity index is 2.75. The zero-order valence-electron chi connectivity index (χ0n) is 11.9. The fraction of sp³-hybridized carbons (Fsp3) is 0.538. The summed E-state index contributed by atoms with van der Waals surface area (Å²) in [6, 6.07) is 2.74. The second kappa shape index (κ2) is 7.66. The van der Waals surface area contributed by atoms with E-state index in [-0.39, 0.29) is 5.76 Å². The van der Waals surface area contributed by atoms with Crippen molar-refractivity contribution < 1.29 is 23.5 Å². The van der Waals surface area contributed by atoms with Gasteiger partial charge in [-0.1, -0.05) is 0 Å². The standard InChI is InChI=1S/C13H20N2O5/c1-9(12(14)16)15(6-7-18-2)8-10-4-5-11(20-10)13(17)19-3/h4-5,9H,6-8H2,1-3H3,(H2,14,16). The second-order valence-corrected chi connectivity index (χ2v) is 4.30. The van der Waals surface area contributed by atoms with Crippen LogP contribution < -0.4 is 5.73 Å². The summed E-state index contributed by atoms with van der Waals surface area (Å²) >= 11 is 0. The van der Waals surface area contributed by atoms with Crippen molar-refractivity contribution in [1.82, 2.24) is 4.90 Å². The van der Waals surface area contributed by atoms with Crippen molar-refractivity contribution in [2.75, 3.05) is 27.4 Å². The summed E-state index contributed by atoms with van der Waals surface area (Å²) in [7, 11) is 2.86. The van der Waals surface area contributed by atoms with E-state index in [4.69, 9.17) is 14.9 Å². The number of hydrogen-bond acceptors (Lipinski definition) is 6. The van der Waals surface area contributed by atoms with Crippen LogP contribution in [0.4, 0.5) is 0 Å². The largest absolute Gasteiger partial charge is 0.463 e. The van der Waals surface area contributed by atoms with Crippen molar-refractivity contribution in [3.05, 3.63) is 23.7 Å². The zero-order chi connectivity index (χ0) is 15.1. The minimum absolute atomic E-state index is 0.126. The van der Waals surface area contributed by atoms with Gasteiger partial charge in [-0.15, -0.1) is 0 Å². The van der Waals surface area contributed by atoms with Crippen LogP contribution in [0.2, 0.25) is 0 Å². The molecule has 1 amide bonds. The monoisotopic (exact) mass is 284 g/mol. The van der Waals surface area contributed by atoms with E-state index in [1.54, 1.807) is 20.1 Å². The SMILES string of the molecule is COCCN(Cc1ccc(C(=O)OC)o1)C(C)C(N)=O. The van der Waals surface area contributed by atoms with Crippen LogP contribution in [0.25, 0.3) is 0 Å². The lowest BCUT2D eigenvalue weighted by Crippen LogP contribution is -2.43. The molecular formula is C13H20N2O5. The molecule has 1 unspecified atom stereocenters. The average Bonchev–Trinajstić information content (AvgIpc) is 2.90. The van der Waals surface area contributed by atoms with Crippen LogP contribution in [-0.4, -0.2) is 50.2 Å². The molecule has 0 spiro atoms. The Morgan fingerprint density at radius 2 is 2.10 bits per heavy atom. The van der Waals surface area contributed by atoms with Gasteiger partial charge in [-0.2, -0.15) is 0 Å². The van der Waals surface area contributed by atoms with E-state index in [2.05, 4.69) is 4.74 Å². The lowest BCUT2D eigenvalue weighted by atomic mass is 10.2. The number of rotatable bonds is 8. The molecular weight excluding hydrogens is 264 g/mol. The van der Waals surface area contributed by atoms with Crippen LogP contribution in [0, 0.1) is 0 Å². The van der Waals surface area contributed by atoms with Gasteiger partial charge >= 0.3 is 5.97 Å². The maximum atomic E-state index is 11.3. The first-order valence-electron chi connectivity index (χ1n) is 6.19. The Hall–Kier alpha value is -1.86. The molecule has 1 rings (SSSR count). The average molecular weight is 284 g/mol. The molecule has 1 atom stereocenters. The smallest absolute Gasteiger partial charge is 0.373 e. The molecule has 0 saturated carbocycles. The fourth-order valence-electron chi connectivity index (χ4n) is 1.67. The first-order chi connectivity index (χ1) is 9.49. The number of hydrogen-bond donors (Lipinski definition) is 1. The van der Waals surface area contributed by atoms with Crippen molar-refractivity contribution in [2.24, 2.45) is 5.73 Å². The van der Waals surface area contributed by atoms with Crippen LogP contribution >= 0.6 is 0 Å². The zero-order valence-corrected chi connectivity index (χ0v) is 11.9. The number of furan rings is 1. The number of amides is 1. The van der Waals surface area contributed by atoms with E-state index in [0.29, 0.717) is 25.5 Å². The third kappa shape index (κ3) is 4.36. The van der Waals surface area contributed by atoms with E-state index < -0.39 is 17.9 Å². The first kappa shape index (κ1) is 16.2. The van der Waals surface area contributed by atoms with Crippen molar-refractivity contribution in [2.45, 2.75) is 19.5 Å². The summed E-state index contributed by atoms with van der Waals surface area (Å²) in [6.07, 6.45) is 0. The number of primary amides is 1. The molecule has 0 bridgehead atoms. The molecule has 0 saturated heterocycles. The molecule has 0 aliphatic rings. The molecule has 1 aromatic rings. The molecule has 0 fully saturated rings. The van der Waals surface area contributed by atoms with Gasteiger partial charge in [-0.05, 0) is 19.1 Å². The normalized spacial score (nSPS) is 12.4. The molecule has 2 N–H and O–H groups in total. The Morgan fingerprint density at radius 3 is 2.65 bits per heavy atom. The molecule has 0 radical (unpaired) electrons. The van der Waals surface area contributed by atoms with Gasteiger partial charge in [0, 0.05) is 13.7 Å². The van der Waals surface area contributed by atoms with Crippen LogP contribution in [0.15, 0.2) is 16.5 Å². The Bertz CT molecular complexity index is 457. The third-order valence-electron chi connectivity index (χ3n) is 2.95. The highest BCUT2D eigenvalue weighted by molar-refractivity contribution is 5.86. The van der Waals surface area contributed by atoms with Crippen molar-refractivity contribution >= 4 is 11.9 Å². The van der Waals surface area contributed by atoms with Gasteiger partial charge < -0.3 is 19.6 Å². The van der Waals surface area contributed by atoms with Gasteiger partial charge in [-0.25, -0.2) is 4.79 Å². The lowest BCUT2D eigenvalue weighted by Gasteiger charge is -2.25. The quantitative estimate of drug-likeness (QED) is 0.694. The molecule has 20 heavy (non-hydrogen) atoms. The third-order valence-corrected chi connectivity index (χ3v) is 2.95. The van der Waals surface area contributed by atoms with Crippen LogP contribution in [0.1, 0.15) is 23.2 Å². The number of methoxy groups -OCH3 is 2.